The number of nitro groups is 1. The van der Waals surface area contributed by atoms with Crippen molar-refractivity contribution in [2.24, 2.45) is 0 Å². The van der Waals surface area contributed by atoms with Gasteiger partial charge in [-0.2, -0.15) is 8.42 Å². The van der Waals surface area contributed by atoms with Crippen LogP contribution in [0.2, 0.25) is 0 Å². The zero-order valence-corrected chi connectivity index (χ0v) is 14.3. The Balaban J connectivity index is 2.09. The Morgan fingerprint density at radius 3 is 2.30 bits per heavy atom. The molecule has 0 fully saturated rings. The van der Waals surface area contributed by atoms with E-state index in [0.29, 0.717) is 5.39 Å². The molecule has 138 valence electrons. The van der Waals surface area contributed by atoms with Crippen molar-refractivity contribution < 1.29 is 27.8 Å². The van der Waals surface area contributed by atoms with Crippen molar-refractivity contribution in [1.82, 2.24) is 0 Å². The SMILES string of the molecule is O=C(Nc1c(S(=O)(=O)O)cc2ccccc2c1O)c1ccc([N+](=O)[O-])cc1. The van der Waals surface area contributed by atoms with Crippen LogP contribution >= 0.6 is 0 Å². The molecule has 0 spiro atoms. The maximum absolute atomic E-state index is 12.4. The van der Waals surface area contributed by atoms with Crippen LogP contribution in [0.25, 0.3) is 10.8 Å². The fourth-order valence-corrected chi connectivity index (χ4v) is 3.23. The molecule has 0 aliphatic heterocycles. The van der Waals surface area contributed by atoms with Crippen molar-refractivity contribution in [2.75, 3.05) is 5.32 Å². The highest BCUT2D eigenvalue weighted by Crippen LogP contribution is 2.38. The van der Waals surface area contributed by atoms with E-state index >= 15 is 0 Å². The lowest BCUT2D eigenvalue weighted by atomic mass is 10.1. The van der Waals surface area contributed by atoms with Gasteiger partial charge in [-0.25, -0.2) is 0 Å². The van der Waals surface area contributed by atoms with E-state index in [0.717, 1.165) is 18.2 Å². The first-order valence-corrected chi connectivity index (χ1v) is 8.90. The second kappa shape index (κ2) is 6.67. The number of nitro benzene ring substituents is 1. The third-order valence-electron chi connectivity index (χ3n) is 3.84. The van der Waals surface area contributed by atoms with Gasteiger partial charge in [0.25, 0.3) is 21.7 Å². The molecule has 3 N–H and O–H groups in total. The summed E-state index contributed by atoms with van der Waals surface area (Å²) >= 11 is 0. The Hall–Kier alpha value is -3.50. The number of fused-ring (bicyclic) bond motifs is 1. The molecule has 1 amide bonds. The molecule has 0 atom stereocenters. The van der Waals surface area contributed by atoms with E-state index < -0.39 is 37.3 Å². The summed E-state index contributed by atoms with van der Waals surface area (Å²) < 4.78 is 32.9. The normalized spacial score (nSPS) is 11.3. The van der Waals surface area contributed by atoms with E-state index in [2.05, 4.69) is 5.32 Å². The molecular formula is C17H12N2O7S. The first-order chi connectivity index (χ1) is 12.7. The minimum absolute atomic E-state index is 0.00514. The first kappa shape index (κ1) is 18.3. The minimum Gasteiger partial charge on any atom is -0.505 e. The maximum Gasteiger partial charge on any atom is 0.296 e. The molecule has 3 aromatic carbocycles. The molecule has 0 aliphatic rings. The molecule has 0 unspecified atom stereocenters. The second-order valence-electron chi connectivity index (χ2n) is 5.55. The maximum atomic E-state index is 12.4. The summed E-state index contributed by atoms with van der Waals surface area (Å²) in [6.07, 6.45) is 0. The summed E-state index contributed by atoms with van der Waals surface area (Å²) in [7, 11) is -4.76. The van der Waals surface area contributed by atoms with Gasteiger partial charge < -0.3 is 10.4 Å². The third-order valence-corrected chi connectivity index (χ3v) is 4.72. The molecule has 0 saturated carbocycles. The molecule has 0 radical (unpaired) electrons. The van der Waals surface area contributed by atoms with Gasteiger partial charge in [-0.05, 0) is 23.6 Å². The van der Waals surface area contributed by atoms with Crippen LogP contribution in [0.3, 0.4) is 0 Å². The molecule has 0 aromatic heterocycles. The van der Waals surface area contributed by atoms with Crippen LogP contribution in [0.15, 0.2) is 59.5 Å². The standard InChI is InChI=1S/C17H12N2O7S/c20-16-13-4-2-1-3-11(13)9-14(27(24,25)26)15(16)18-17(21)10-5-7-12(8-6-10)19(22)23/h1-9,20H,(H,18,21)(H,24,25,26). The van der Waals surface area contributed by atoms with Gasteiger partial charge in [0.2, 0.25) is 0 Å². The Labute approximate surface area is 152 Å². The van der Waals surface area contributed by atoms with Gasteiger partial charge in [0.05, 0.1) is 4.92 Å². The molecule has 9 nitrogen and oxygen atoms in total. The van der Waals surface area contributed by atoms with E-state index in [4.69, 9.17) is 0 Å². The Morgan fingerprint density at radius 2 is 1.70 bits per heavy atom. The summed E-state index contributed by atoms with van der Waals surface area (Å²) in [6.45, 7) is 0. The fourth-order valence-electron chi connectivity index (χ4n) is 2.55. The predicted molar refractivity (Wildman–Crippen MR) is 96.5 cm³/mol. The van der Waals surface area contributed by atoms with Crippen LogP contribution in [0.1, 0.15) is 10.4 Å². The Kier molecular flexibility index (Phi) is 4.52. The van der Waals surface area contributed by atoms with Crippen molar-refractivity contribution in [2.45, 2.75) is 4.90 Å². The Bertz CT molecular complexity index is 1170. The van der Waals surface area contributed by atoms with E-state index in [-0.39, 0.29) is 16.6 Å². The summed E-state index contributed by atoms with van der Waals surface area (Å²) in [4.78, 5) is 21.8. The lowest BCUT2D eigenvalue weighted by Crippen LogP contribution is -2.15. The van der Waals surface area contributed by atoms with Gasteiger partial charge in [-0.1, -0.05) is 24.3 Å². The molecule has 0 heterocycles. The van der Waals surface area contributed by atoms with Crippen LogP contribution in [0, 0.1) is 10.1 Å². The number of phenols is 1. The highest BCUT2D eigenvalue weighted by molar-refractivity contribution is 7.86. The predicted octanol–water partition coefficient (Wildman–Crippen LogP) is 2.95. The van der Waals surface area contributed by atoms with Crippen LogP contribution in [0.4, 0.5) is 11.4 Å². The summed E-state index contributed by atoms with van der Waals surface area (Å²) in [5.41, 5.74) is -0.715. The van der Waals surface area contributed by atoms with Crippen molar-refractivity contribution >= 4 is 38.2 Å². The van der Waals surface area contributed by atoms with Gasteiger partial charge in [-0.3, -0.25) is 19.5 Å². The fraction of sp³-hybridized carbons (Fsp3) is 0. The quantitative estimate of drug-likeness (QED) is 0.269. The molecule has 3 aromatic rings. The van der Waals surface area contributed by atoms with Crippen molar-refractivity contribution in [3.8, 4) is 5.75 Å². The number of carbonyl (C=O) groups is 1. The van der Waals surface area contributed by atoms with Crippen molar-refractivity contribution in [1.29, 1.82) is 0 Å². The third kappa shape index (κ3) is 3.57. The highest BCUT2D eigenvalue weighted by Gasteiger charge is 2.23. The zero-order valence-electron chi connectivity index (χ0n) is 13.5. The number of nitrogens with zero attached hydrogens (tertiary/aromatic N) is 1. The second-order valence-corrected chi connectivity index (χ2v) is 6.94. The van der Waals surface area contributed by atoms with Crippen molar-refractivity contribution in [3.63, 3.8) is 0 Å². The van der Waals surface area contributed by atoms with Crippen LogP contribution < -0.4 is 5.32 Å². The lowest BCUT2D eigenvalue weighted by molar-refractivity contribution is -0.384. The van der Waals surface area contributed by atoms with Crippen molar-refractivity contribution in [3.05, 3.63) is 70.3 Å². The molecule has 0 aliphatic carbocycles. The average Bonchev–Trinajstić information content (AvgIpc) is 2.63. The van der Waals surface area contributed by atoms with Gasteiger partial charge >= 0.3 is 0 Å². The van der Waals surface area contributed by atoms with E-state index in [1.807, 2.05) is 0 Å². The number of benzene rings is 3. The number of anilines is 1. The number of hydrogen-bond acceptors (Lipinski definition) is 6. The molecule has 27 heavy (non-hydrogen) atoms. The van der Waals surface area contributed by atoms with Crippen LogP contribution in [-0.2, 0) is 10.1 Å². The van der Waals surface area contributed by atoms with Crippen LogP contribution in [0.5, 0.6) is 5.75 Å². The first-order valence-electron chi connectivity index (χ1n) is 7.46. The number of non-ortho nitro benzene ring substituents is 1. The average molecular weight is 388 g/mol. The number of hydrogen-bond donors (Lipinski definition) is 3. The monoisotopic (exact) mass is 388 g/mol. The number of amides is 1. The molecule has 0 saturated heterocycles. The van der Waals surface area contributed by atoms with E-state index in [1.165, 1.54) is 24.3 Å². The summed E-state index contributed by atoms with van der Waals surface area (Å²) in [6, 6.07) is 12.0. The molecular weight excluding hydrogens is 376 g/mol. The molecule has 3 rings (SSSR count). The van der Waals surface area contributed by atoms with Crippen LogP contribution in [-0.4, -0.2) is 28.9 Å². The summed E-state index contributed by atoms with van der Waals surface area (Å²) in [5.74, 6) is -1.35. The minimum atomic E-state index is -4.76. The molecule has 10 heteroatoms. The number of carbonyl (C=O) groups excluding carboxylic acids is 1. The topological polar surface area (TPSA) is 147 Å². The molecule has 0 bridgehead atoms. The summed E-state index contributed by atoms with van der Waals surface area (Å²) in [5, 5.41) is 24.0. The number of nitrogens with one attached hydrogen (secondary N) is 1. The Morgan fingerprint density at radius 1 is 1.07 bits per heavy atom. The number of rotatable bonds is 4. The number of phenolic OH excluding ortho intramolecular Hbond substituents is 1. The zero-order chi connectivity index (χ0) is 19.8. The smallest absolute Gasteiger partial charge is 0.296 e. The number of aromatic hydroxyl groups is 1. The largest absolute Gasteiger partial charge is 0.505 e. The lowest BCUT2D eigenvalue weighted by Gasteiger charge is -2.13. The van der Waals surface area contributed by atoms with Gasteiger partial charge in [0, 0.05) is 23.1 Å². The van der Waals surface area contributed by atoms with Gasteiger partial charge in [-0.15, -0.1) is 0 Å². The van der Waals surface area contributed by atoms with E-state index in [1.54, 1.807) is 12.1 Å². The van der Waals surface area contributed by atoms with E-state index in [9.17, 15) is 33.0 Å². The van der Waals surface area contributed by atoms with Gasteiger partial charge in [0.1, 0.15) is 16.3 Å². The highest BCUT2D eigenvalue weighted by atomic mass is 32.2. The van der Waals surface area contributed by atoms with Gasteiger partial charge in [0.15, 0.2) is 0 Å².